The van der Waals surface area contributed by atoms with Crippen LogP contribution in [0.25, 0.3) is 11.0 Å². The predicted molar refractivity (Wildman–Crippen MR) is 95.8 cm³/mol. The van der Waals surface area contributed by atoms with Crippen LogP contribution in [0, 0.1) is 5.82 Å². The first-order valence-electron chi connectivity index (χ1n) is 8.20. The summed E-state index contributed by atoms with van der Waals surface area (Å²) in [6, 6.07) is 12.7. The SMILES string of the molecule is Fc1ccc(CNc2nc3ccc(CCc4cnc[nH]4)cc3[nH]2)cc1. The van der Waals surface area contributed by atoms with Crippen LogP contribution in [0.15, 0.2) is 55.0 Å². The Morgan fingerprint density at radius 2 is 1.84 bits per heavy atom. The van der Waals surface area contributed by atoms with Crippen LogP contribution in [-0.2, 0) is 19.4 Å². The Morgan fingerprint density at radius 3 is 2.64 bits per heavy atom. The van der Waals surface area contributed by atoms with E-state index in [0.29, 0.717) is 12.5 Å². The summed E-state index contributed by atoms with van der Waals surface area (Å²) in [6.07, 6.45) is 5.42. The van der Waals surface area contributed by atoms with Gasteiger partial charge < -0.3 is 15.3 Å². The summed E-state index contributed by atoms with van der Waals surface area (Å²) in [5, 5.41) is 3.24. The third-order valence-corrected chi connectivity index (χ3v) is 4.16. The molecule has 2 aromatic carbocycles. The number of aromatic nitrogens is 4. The first kappa shape index (κ1) is 15.4. The maximum absolute atomic E-state index is 12.9. The van der Waals surface area contributed by atoms with Crippen LogP contribution in [0.1, 0.15) is 16.8 Å². The molecule has 0 radical (unpaired) electrons. The van der Waals surface area contributed by atoms with Crippen LogP contribution in [0.5, 0.6) is 0 Å². The van der Waals surface area contributed by atoms with Crippen molar-refractivity contribution in [1.82, 2.24) is 19.9 Å². The first-order chi connectivity index (χ1) is 12.3. The molecule has 0 saturated carbocycles. The topological polar surface area (TPSA) is 69.4 Å². The number of hydrogen-bond donors (Lipinski definition) is 3. The number of fused-ring (bicyclic) bond motifs is 1. The van der Waals surface area contributed by atoms with E-state index in [0.717, 1.165) is 35.1 Å². The number of imidazole rings is 2. The lowest BCUT2D eigenvalue weighted by atomic mass is 10.1. The minimum Gasteiger partial charge on any atom is -0.352 e. The Labute approximate surface area is 144 Å². The van der Waals surface area contributed by atoms with Gasteiger partial charge in [0.2, 0.25) is 5.95 Å². The van der Waals surface area contributed by atoms with E-state index in [-0.39, 0.29) is 5.82 Å². The third kappa shape index (κ3) is 3.68. The molecule has 0 aliphatic carbocycles. The number of aromatic amines is 2. The molecule has 0 aliphatic rings. The van der Waals surface area contributed by atoms with Gasteiger partial charge in [0, 0.05) is 18.4 Å². The molecule has 3 N–H and O–H groups in total. The summed E-state index contributed by atoms with van der Waals surface area (Å²) < 4.78 is 12.9. The van der Waals surface area contributed by atoms with Gasteiger partial charge in [0.25, 0.3) is 0 Å². The van der Waals surface area contributed by atoms with E-state index in [9.17, 15) is 4.39 Å². The van der Waals surface area contributed by atoms with E-state index < -0.39 is 0 Å². The van der Waals surface area contributed by atoms with Crippen molar-refractivity contribution in [2.24, 2.45) is 0 Å². The highest BCUT2D eigenvalue weighted by Crippen LogP contribution is 2.18. The van der Waals surface area contributed by atoms with Gasteiger partial charge in [-0.25, -0.2) is 14.4 Å². The number of anilines is 1. The van der Waals surface area contributed by atoms with Crippen LogP contribution >= 0.6 is 0 Å². The molecule has 5 nitrogen and oxygen atoms in total. The standard InChI is InChI=1S/C19H18FN5/c20-15-5-1-14(2-6-15)10-22-19-24-17-8-4-13(9-18(17)25-19)3-7-16-11-21-12-23-16/h1-2,4-6,8-9,11-12H,3,7,10H2,(H,21,23)(H2,22,24,25). The molecule has 4 aromatic rings. The van der Waals surface area contributed by atoms with Crippen molar-refractivity contribution in [2.45, 2.75) is 19.4 Å². The Bertz CT molecular complexity index is 957. The highest BCUT2D eigenvalue weighted by atomic mass is 19.1. The number of nitrogens with zero attached hydrogens (tertiary/aromatic N) is 2. The fraction of sp³-hybridized carbons (Fsp3) is 0.158. The molecule has 2 aromatic heterocycles. The van der Waals surface area contributed by atoms with Crippen molar-refractivity contribution < 1.29 is 4.39 Å². The molecule has 0 bridgehead atoms. The summed E-state index contributed by atoms with van der Waals surface area (Å²) in [5.41, 5.74) is 5.31. The zero-order valence-electron chi connectivity index (χ0n) is 13.6. The molecule has 2 heterocycles. The molecule has 0 saturated heterocycles. The summed E-state index contributed by atoms with van der Waals surface area (Å²) >= 11 is 0. The highest BCUT2D eigenvalue weighted by molar-refractivity contribution is 5.78. The van der Waals surface area contributed by atoms with E-state index in [1.165, 1.54) is 17.7 Å². The first-order valence-corrected chi connectivity index (χ1v) is 8.20. The van der Waals surface area contributed by atoms with Crippen LogP contribution in [0.2, 0.25) is 0 Å². The smallest absolute Gasteiger partial charge is 0.201 e. The normalized spacial score (nSPS) is 11.1. The average Bonchev–Trinajstić information content (AvgIpc) is 3.28. The van der Waals surface area contributed by atoms with Gasteiger partial charge in [-0.15, -0.1) is 0 Å². The molecule has 0 unspecified atom stereocenters. The third-order valence-electron chi connectivity index (χ3n) is 4.16. The Morgan fingerprint density at radius 1 is 1.00 bits per heavy atom. The molecular weight excluding hydrogens is 317 g/mol. The molecule has 4 rings (SSSR count). The lowest BCUT2D eigenvalue weighted by Crippen LogP contribution is -2.00. The monoisotopic (exact) mass is 335 g/mol. The number of H-pyrrole nitrogens is 2. The summed E-state index contributed by atoms with van der Waals surface area (Å²) in [6.45, 7) is 0.590. The molecule has 25 heavy (non-hydrogen) atoms. The number of rotatable bonds is 6. The van der Waals surface area contributed by atoms with E-state index in [1.807, 2.05) is 12.3 Å². The van der Waals surface area contributed by atoms with Crippen molar-refractivity contribution in [3.8, 4) is 0 Å². The molecule has 126 valence electrons. The van der Waals surface area contributed by atoms with E-state index >= 15 is 0 Å². The Hall–Kier alpha value is -3.15. The van der Waals surface area contributed by atoms with Gasteiger partial charge >= 0.3 is 0 Å². The maximum Gasteiger partial charge on any atom is 0.201 e. The van der Waals surface area contributed by atoms with Crippen LogP contribution < -0.4 is 5.32 Å². The van der Waals surface area contributed by atoms with Gasteiger partial charge in [0.15, 0.2) is 0 Å². The molecule has 0 amide bonds. The van der Waals surface area contributed by atoms with Crippen molar-refractivity contribution in [2.75, 3.05) is 5.32 Å². The zero-order chi connectivity index (χ0) is 17.1. The number of aryl methyl sites for hydroxylation is 2. The second-order valence-corrected chi connectivity index (χ2v) is 5.99. The quantitative estimate of drug-likeness (QED) is 0.502. The largest absolute Gasteiger partial charge is 0.352 e. The van der Waals surface area contributed by atoms with Gasteiger partial charge in [-0.3, -0.25) is 0 Å². The fourth-order valence-corrected chi connectivity index (χ4v) is 2.78. The van der Waals surface area contributed by atoms with Crippen LogP contribution in [0.4, 0.5) is 10.3 Å². The van der Waals surface area contributed by atoms with E-state index in [4.69, 9.17) is 0 Å². The summed E-state index contributed by atoms with van der Waals surface area (Å²) in [7, 11) is 0. The number of benzene rings is 2. The van der Waals surface area contributed by atoms with Gasteiger partial charge in [0.1, 0.15) is 5.82 Å². The minimum absolute atomic E-state index is 0.227. The summed E-state index contributed by atoms with van der Waals surface area (Å²) in [5.74, 6) is 0.486. The molecule has 0 atom stereocenters. The van der Waals surface area contributed by atoms with Gasteiger partial charge in [-0.1, -0.05) is 18.2 Å². The van der Waals surface area contributed by atoms with Gasteiger partial charge in [0.05, 0.1) is 17.4 Å². The summed E-state index contributed by atoms with van der Waals surface area (Å²) in [4.78, 5) is 15.0. The fourth-order valence-electron chi connectivity index (χ4n) is 2.78. The van der Waals surface area contributed by atoms with Crippen molar-refractivity contribution >= 4 is 17.0 Å². The minimum atomic E-state index is -0.227. The Balaban J connectivity index is 1.43. The molecule has 0 fully saturated rings. The molecular formula is C19H18FN5. The van der Waals surface area contributed by atoms with E-state index in [2.05, 4.69) is 37.4 Å². The van der Waals surface area contributed by atoms with Gasteiger partial charge in [-0.2, -0.15) is 0 Å². The second-order valence-electron chi connectivity index (χ2n) is 5.99. The Kier molecular flexibility index (Phi) is 4.16. The van der Waals surface area contributed by atoms with Crippen molar-refractivity contribution in [1.29, 1.82) is 0 Å². The average molecular weight is 335 g/mol. The molecule has 0 aliphatic heterocycles. The lowest BCUT2D eigenvalue weighted by molar-refractivity contribution is 0.627. The number of hydrogen-bond acceptors (Lipinski definition) is 3. The van der Waals surface area contributed by atoms with Gasteiger partial charge in [-0.05, 0) is 48.2 Å². The lowest BCUT2D eigenvalue weighted by Gasteiger charge is -2.02. The predicted octanol–water partition coefficient (Wildman–Crippen LogP) is 3.82. The maximum atomic E-state index is 12.9. The number of nitrogens with one attached hydrogen (secondary N) is 3. The van der Waals surface area contributed by atoms with E-state index in [1.54, 1.807) is 18.5 Å². The van der Waals surface area contributed by atoms with Crippen molar-refractivity contribution in [3.05, 3.63) is 77.6 Å². The molecule has 6 heteroatoms. The van der Waals surface area contributed by atoms with Crippen molar-refractivity contribution in [3.63, 3.8) is 0 Å². The van der Waals surface area contributed by atoms with Crippen LogP contribution in [0.3, 0.4) is 0 Å². The highest BCUT2D eigenvalue weighted by Gasteiger charge is 2.05. The van der Waals surface area contributed by atoms with Crippen LogP contribution in [-0.4, -0.2) is 19.9 Å². The number of halogens is 1. The second kappa shape index (κ2) is 6.76. The molecule has 0 spiro atoms. The zero-order valence-corrected chi connectivity index (χ0v) is 13.6.